The van der Waals surface area contributed by atoms with Gasteiger partial charge < -0.3 is 0 Å². The molecule has 0 saturated carbocycles. The van der Waals surface area contributed by atoms with Crippen molar-refractivity contribution in [1.29, 1.82) is 0 Å². The molecule has 5 aromatic rings. The molecule has 0 aliphatic carbocycles. The topological polar surface area (TPSA) is 0 Å². The van der Waals surface area contributed by atoms with Crippen molar-refractivity contribution in [3.63, 3.8) is 0 Å². The zero-order chi connectivity index (χ0) is 21.1. The molecule has 150 valence electrons. The van der Waals surface area contributed by atoms with Crippen LogP contribution in [0.15, 0.2) is 132 Å². The van der Waals surface area contributed by atoms with Gasteiger partial charge in [0.05, 0.1) is 6.16 Å². The third kappa shape index (κ3) is 3.85. The van der Waals surface area contributed by atoms with E-state index in [-0.39, 0.29) is 0 Å². The molecule has 0 spiro atoms. The predicted molar refractivity (Wildman–Crippen MR) is 140 cm³/mol. The lowest BCUT2D eigenvalue weighted by Crippen LogP contribution is -2.32. The minimum atomic E-state index is -1.91. The van der Waals surface area contributed by atoms with Crippen molar-refractivity contribution in [3.05, 3.63) is 137 Å². The largest absolute Gasteiger partial charge is 0.116 e. The SMILES string of the molecule is Brc1cc2ccccc2cc1C[P+](c1ccccc1)(c1ccccc1)c1ccccc1. The first kappa shape index (κ1) is 20.2. The molecule has 0 fully saturated rings. The van der Waals surface area contributed by atoms with Gasteiger partial charge in [-0.3, -0.25) is 0 Å². The van der Waals surface area contributed by atoms with Crippen molar-refractivity contribution < 1.29 is 0 Å². The van der Waals surface area contributed by atoms with E-state index in [1.54, 1.807) is 0 Å². The van der Waals surface area contributed by atoms with Gasteiger partial charge in [-0.05, 0) is 59.3 Å². The molecule has 0 N–H and O–H groups in total. The fraction of sp³-hybridized carbons (Fsp3) is 0.0345. The van der Waals surface area contributed by atoms with E-state index < -0.39 is 7.26 Å². The first-order chi connectivity index (χ1) is 15.3. The van der Waals surface area contributed by atoms with E-state index in [9.17, 15) is 0 Å². The van der Waals surface area contributed by atoms with Crippen molar-refractivity contribution in [1.82, 2.24) is 0 Å². The summed E-state index contributed by atoms with van der Waals surface area (Å²) in [6, 6.07) is 46.4. The van der Waals surface area contributed by atoms with E-state index >= 15 is 0 Å². The monoisotopic (exact) mass is 481 g/mol. The van der Waals surface area contributed by atoms with Crippen LogP contribution in [-0.4, -0.2) is 0 Å². The third-order valence-corrected chi connectivity index (χ3v) is 11.0. The lowest BCUT2D eigenvalue weighted by molar-refractivity contribution is 1.38. The van der Waals surface area contributed by atoms with Gasteiger partial charge in [-0.1, -0.05) is 94.8 Å². The Morgan fingerprint density at radius 1 is 0.484 bits per heavy atom. The normalized spacial score (nSPS) is 11.5. The van der Waals surface area contributed by atoms with Crippen LogP contribution in [0.4, 0.5) is 0 Å². The summed E-state index contributed by atoms with van der Waals surface area (Å²) in [6.07, 6.45) is 0.969. The molecular formula is C29H23BrP+. The maximum absolute atomic E-state index is 3.91. The Labute approximate surface area is 193 Å². The van der Waals surface area contributed by atoms with Crippen LogP contribution in [0, 0.1) is 0 Å². The predicted octanol–water partition coefficient (Wildman–Crippen LogP) is 7.10. The Balaban J connectivity index is 1.79. The van der Waals surface area contributed by atoms with Crippen LogP contribution in [-0.2, 0) is 6.16 Å². The molecule has 0 aromatic heterocycles. The first-order valence-corrected chi connectivity index (χ1v) is 13.3. The highest BCUT2D eigenvalue weighted by Crippen LogP contribution is 2.58. The Morgan fingerprint density at radius 3 is 1.32 bits per heavy atom. The van der Waals surface area contributed by atoms with Crippen LogP contribution in [0.5, 0.6) is 0 Å². The maximum atomic E-state index is 3.91. The minimum Gasteiger partial charge on any atom is -0.0620 e. The van der Waals surface area contributed by atoms with Crippen molar-refractivity contribution in [3.8, 4) is 0 Å². The molecular weight excluding hydrogens is 459 g/mol. The molecule has 0 unspecified atom stereocenters. The van der Waals surface area contributed by atoms with Crippen LogP contribution in [0.25, 0.3) is 10.8 Å². The minimum absolute atomic E-state index is 0.969. The van der Waals surface area contributed by atoms with Crippen LogP contribution >= 0.6 is 23.2 Å². The van der Waals surface area contributed by atoms with Crippen LogP contribution < -0.4 is 15.9 Å². The standard InChI is InChI=1S/C29H23BrP/c30-29-21-24-13-11-10-12-23(24)20-25(29)22-31(26-14-4-1-5-15-26,27-16-6-2-7-17-27)28-18-8-3-9-19-28/h1-21H,22H2/q+1. The second-order valence-corrected chi connectivity index (χ2v) is 12.1. The molecule has 0 bridgehead atoms. The smallest absolute Gasteiger partial charge is 0.0620 e. The number of hydrogen-bond acceptors (Lipinski definition) is 0. The molecule has 0 aliphatic heterocycles. The van der Waals surface area contributed by atoms with Gasteiger partial charge in [-0.2, -0.15) is 0 Å². The number of fused-ring (bicyclic) bond motifs is 1. The van der Waals surface area contributed by atoms with E-state index in [0.717, 1.165) is 6.16 Å². The molecule has 0 aliphatic rings. The van der Waals surface area contributed by atoms with Gasteiger partial charge in [0, 0.05) is 10.0 Å². The summed E-state index contributed by atoms with van der Waals surface area (Å²) in [5.41, 5.74) is 1.35. The number of rotatable bonds is 5. The maximum Gasteiger partial charge on any atom is 0.116 e. The van der Waals surface area contributed by atoms with Gasteiger partial charge in [0.25, 0.3) is 0 Å². The molecule has 2 heteroatoms. The van der Waals surface area contributed by atoms with E-state index in [0.29, 0.717) is 0 Å². The summed E-state index contributed by atoms with van der Waals surface area (Å²) in [5.74, 6) is 0. The average molecular weight is 482 g/mol. The van der Waals surface area contributed by atoms with Crippen molar-refractivity contribution in [2.24, 2.45) is 0 Å². The van der Waals surface area contributed by atoms with Gasteiger partial charge in [-0.15, -0.1) is 0 Å². The summed E-state index contributed by atoms with van der Waals surface area (Å²) >= 11 is 3.91. The van der Waals surface area contributed by atoms with Crippen molar-refractivity contribution >= 4 is 49.9 Å². The Hall–Kier alpha value is -2.73. The lowest BCUT2D eigenvalue weighted by atomic mass is 10.1. The van der Waals surface area contributed by atoms with Crippen LogP contribution in [0.2, 0.25) is 0 Å². The summed E-state index contributed by atoms with van der Waals surface area (Å²) < 4.78 is 1.18. The molecule has 0 saturated heterocycles. The molecule has 0 amide bonds. The Morgan fingerprint density at radius 2 is 0.871 bits per heavy atom. The van der Waals surface area contributed by atoms with E-state index in [4.69, 9.17) is 0 Å². The first-order valence-electron chi connectivity index (χ1n) is 10.5. The third-order valence-electron chi connectivity index (χ3n) is 5.91. The summed E-state index contributed by atoms with van der Waals surface area (Å²) in [7, 11) is -1.91. The van der Waals surface area contributed by atoms with Crippen LogP contribution in [0.1, 0.15) is 5.56 Å². The fourth-order valence-corrected chi connectivity index (χ4v) is 9.38. The lowest BCUT2D eigenvalue weighted by Gasteiger charge is -2.28. The summed E-state index contributed by atoms with van der Waals surface area (Å²) in [5, 5.41) is 6.78. The second-order valence-electron chi connectivity index (χ2n) is 7.77. The Bertz CT molecular complexity index is 1200. The highest BCUT2D eigenvalue weighted by Gasteiger charge is 2.45. The van der Waals surface area contributed by atoms with E-state index in [1.807, 2.05) is 0 Å². The molecule has 5 aromatic carbocycles. The Kier molecular flexibility index (Phi) is 5.72. The van der Waals surface area contributed by atoms with E-state index in [1.165, 1.54) is 36.7 Å². The van der Waals surface area contributed by atoms with Crippen molar-refractivity contribution in [2.75, 3.05) is 0 Å². The van der Waals surface area contributed by atoms with Gasteiger partial charge in [0.1, 0.15) is 23.2 Å². The molecule has 0 radical (unpaired) electrons. The zero-order valence-electron chi connectivity index (χ0n) is 17.2. The highest BCUT2D eigenvalue weighted by molar-refractivity contribution is 9.10. The second kappa shape index (κ2) is 8.79. The van der Waals surface area contributed by atoms with Crippen LogP contribution in [0.3, 0.4) is 0 Å². The highest BCUT2D eigenvalue weighted by atomic mass is 79.9. The molecule has 0 heterocycles. The molecule has 0 atom stereocenters. The zero-order valence-corrected chi connectivity index (χ0v) is 19.6. The van der Waals surface area contributed by atoms with Gasteiger partial charge in [0.2, 0.25) is 0 Å². The summed E-state index contributed by atoms with van der Waals surface area (Å²) in [6.45, 7) is 0. The number of halogens is 1. The van der Waals surface area contributed by atoms with Gasteiger partial charge >= 0.3 is 0 Å². The molecule has 5 rings (SSSR count). The summed E-state index contributed by atoms with van der Waals surface area (Å²) in [4.78, 5) is 0. The number of hydrogen-bond donors (Lipinski definition) is 0. The molecule has 0 nitrogen and oxygen atoms in total. The van der Waals surface area contributed by atoms with Gasteiger partial charge in [-0.25, -0.2) is 0 Å². The number of benzene rings is 5. The fourth-order valence-electron chi connectivity index (χ4n) is 4.40. The van der Waals surface area contributed by atoms with E-state index in [2.05, 4.69) is 143 Å². The quantitative estimate of drug-likeness (QED) is 0.235. The van der Waals surface area contributed by atoms with Gasteiger partial charge in [0.15, 0.2) is 0 Å². The van der Waals surface area contributed by atoms with Crippen molar-refractivity contribution in [2.45, 2.75) is 6.16 Å². The molecule has 31 heavy (non-hydrogen) atoms. The average Bonchev–Trinajstić information content (AvgIpc) is 2.84.